The van der Waals surface area contributed by atoms with Gasteiger partial charge in [0.15, 0.2) is 0 Å². The lowest BCUT2D eigenvalue weighted by Crippen LogP contribution is -2.36. The number of carbonyl (C=O) groups excluding carboxylic acids is 1. The molecule has 1 heterocycles. The summed E-state index contributed by atoms with van der Waals surface area (Å²) in [6, 6.07) is 7.24. The monoisotopic (exact) mass is 337 g/mol. The Morgan fingerprint density at radius 3 is 2.39 bits per heavy atom. The Morgan fingerprint density at radius 1 is 1.26 bits per heavy atom. The topological polar surface area (TPSA) is 57.6 Å². The zero-order chi connectivity index (χ0) is 17.1. The van der Waals surface area contributed by atoms with E-state index in [1.807, 2.05) is 19.1 Å². The van der Waals surface area contributed by atoms with Crippen molar-refractivity contribution in [1.29, 1.82) is 0 Å². The van der Waals surface area contributed by atoms with Gasteiger partial charge in [0.05, 0.1) is 5.92 Å². The second-order valence-electron chi connectivity index (χ2n) is 6.52. The minimum absolute atomic E-state index is 0.0575. The molecular formula is C18H24ClNO3. The van der Waals surface area contributed by atoms with Crippen molar-refractivity contribution in [2.45, 2.75) is 33.1 Å². The molecule has 126 valence electrons. The maximum absolute atomic E-state index is 12.7. The van der Waals surface area contributed by atoms with Crippen molar-refractivity contribution in [2.24, 2.45) is 17.8 Å². The Morgan fingerprint density at radius 2 is 1.87 bits per heavy atom. The molecule has 4 atom stereocenters. The highest BCUT2D eigenvalue weighted by atomic mass is 35.5. The Labute approximate surface area is 142 Å². The summed E-state index contributed by atoms with van der Waals surface area (Å²) in [5.74, 6) is -1.33. The Kier molecular flexibility index (Phi) is 5.69. The van der Waals surface area contributed by atoms with Crippen LogP contribution in [0.2, 0.25) is 5.02 Å². The molecule has 1 amide bonds. The van der Waals surface area contributed by atoms with Crippen molar-refractivity contribution in [2.75, 3.05) is 13.1 Å². The lowest BCUT2D eigenvalue weighted by molar-refractivity contribution is -0.142. The van der Waals surface area contributed by atoms with Crippen LogP contribution >= 0.6 is 11.6 Å². The van der Waals surface area contributed by atoms with Gasteiger partial charge in [0.2, 0.25) is 5.91 Å². The van der Waals surface area contributed by atoms with Crippen LogP contribution in [0, 0.1) is 17.8 Å². The van der Waals surface area contributed by atoms with E-state index in [0.29, 0.717) is 17.5 Å². The third-order valence-corrected chi connectivity index (χ3v) is 5.39. The lowest BCUT2D eigenvalue weighted by Gasteiger charge is -2.24. The van der Waals surface area contributed by atoms with Crippen molar-refractivity contribution in [3.63, 3.8) is 0 Å². The van der Waals surface area contributed by atoms with Crippen LogP contribution in [0.4, 0.5) is 0 Å². The zero-order valence-corrected chi connectivity index (χ0v) is 14.6. The fourth-order valence-electron chi connectivity index (χ4n) is 3.17. The van der Waals surface area contributed by atoms with E-state index < -0.39 is 11.9 Å². The van der Waals surface area contributed by atoms with Crippen LogP contribution in [0.3, 0.4) is 0 Å². The van der Waals surface area contributed by atoms with Crippen molar-refractivity contribution in [1.82, 2.24) is 4.90 Å². The average Bonchev–Trinajstić information content (AvgIpc) is 2.98. The van der Waals surface area contributed by atoms with E-state index in [1.54, 1.807) is 17.0 Å². The number of carboxylic acids is 1. The summed E-state index contributed by atoms with van der Waals surface area (Å²) in [5, 5.41) is 10.2. The van der Waals surface area contributed by atoms with E-state index in [-0.39, 0.29) is 24.3 Å². The highest BCUT2D eigenvalue weighted by Crippen LogP contribution is 2.35. The number of carboxylic acid groups (broad SMARTS) is 1. The van der Waals surface area contributed by atoms with Crippen molar-refractivity contribution < 1.29 is 14.7 Å². The summed E-state index contributed by atoms with van der Waals surface area (Å²) in [7, 11) is 0. The van der Waals surface area contributed by atoms with E-state index in [0.717, 1.165) is 12.0 Å². The third-order valence-electron chi connectivity index (χ3n) is 5.13. The summed E-state index contributed by atoms with van der Waals surface area (Å²) in [4.78, 5) is 26.0. The number of likely N-dealkylation sites (tertiary alicyclic amines) is 1. The Balaban J connectivity index is 2.19. The van der Waals surface area contributed by atoms with Crippen LogP contribution in [0.5, 0.6) is 0 Å². The number of benzene rings is 1. The molecule has 1 aliphatic heterocycles. The predicted octanol–water partition coefficient (Wildman–Crippen LogP) is 3.65. The highest BCUT2D eigenvalue weighted by Gasteiger charge is 2.41. The number of halogens is 1. The summed E-state index contributed by atoms with van der Waals surface area (Å²) in [5.41, 5.74) is 0.924. The molecule has 0 aliphatic carbocycles. The zero-order valence-electron chi connectivity index (χ0n) is 13.8. The molecule has 1 aromatic carbocycles. The first-order chi connectivity index (χ1) is 10.8. The smallest absolute Gasteiger partial charge is 0.308 e. The predicted molar refractivity (Wildman–Crippen MR) is 90.5 cm³/mol. The molecule has 4 nitrogen and oxygen atoms in total. The lowest BCUT2D eigenvalue weighted by atomic mass is 9.89. The van der Waals surface area contributed by atoms with Crippen molar-refractivity contribution in [3.8, 4) is 0 Å². The van der Waals surface area contributed by atoms with Gasteiger partial charge in [-0.2, -0.15) is 0 Å². The average molecular weight is 338 g/mol. The van der Waals surface area contributed by atoms with Crippen LogP contribution in [0.15, 0.2) is 24.3 Å². The molecule has 23 heavy (non-hydrogen) atoms. The third kappa shape index (κ3) is 3.86. The van der Waals surface area contributed by atoms with E-state index in [9.17, 15) is 14.7 Å². The molecule has 1 aromatic rings. The highest BCUT2D eigenvalue weighted by molar-refractivity contribution is 6.30. The SMILES string of the molecule is CCC(C)C(C)C(=O)N1C[C@@H](C(=O)O)[C@H](c2ccc(Cl)cc2)C1. The van der Waals surface area contributed by atoms with Gasteiger partial charge >= 0.3 is 5.97 Å². The summed E-state index contributed by atoms with van der Waals surface area (Å²) < 4.78 is 0. The number of amides is 1. The summed E-state index contributed by atoms with van der Waals surface area (Å²) in [6.45, 7) is 6.79. The molecule has 2 unspecified atom stereocenters. The van der Waals surface area contributed by atoms with Gasteiger partial charge in [0, 0.05) is 29.9 Å². The van der Waals surface area contributed by atoms with Crippen LogP contribution in [-0.2, 0) is 9.59 Å². The first-order valence-electron chi connectivity index (χ1n) is 8.12. The maximum Gasteiger partial charge on any atom is 0.308 e. The minimum atomic E-state index is -0.851. The Bertz CT molecular complexity index is 572. The van der Waals surface area contributed by atoms with Crippen LogP contribution < -0.4 is 0 Å². The quantitative estimate of drug-likeness (QED) is 0.892. The van der Waals surface area contributed by atoms with Gasteiger partial charge in [-0.1, -0.05) is 50.9 Å². The van der Waals surface area contributed by atoms with E-state index in [1.165, 1.54) is 0 Å². The summed E-state index contributed by atoms with van der Waals surface area (Å²) in [6.07, 6.45) is 0.934. The molecule has 0 spiro atoms. The molecule has 0 bridgehead atoms. The number of nitrogens with zero attached hydrogens (tertiary/aromatic N) is 1. The minimum Gasteiger partial charge on any atom is -0.481 e. The van der Waals surface area contributed by atoms with Crippen molar-refractivity contribution >= 4 is 23.5 Å². The molecule has 0 radical (unpaired) electrons. The first-order valence-corrected chi connectivity index (χ1v) is 8.50. The molecule has 2 rings (SSSR count). The van der Waals surface area contributed by atoms with Gasteiger partial charge in [-0.05, 0) is 23.6 Å². The van der Waals surface area contributed by atoms with Gasteiger partial charge in [-0.3, -0.25) is 9.59 Å². The number of aliphatic carboxylic acids is 1. The fraction of sp³-hybridized carbons (Fsp3) is 0.556. The van der Waals surface area contributed by atoms with Crippen molar-refractivity contribution in [3.05, 3.63) is 34.9 Å². The number of hydrogen-bond acceptors (Lipinski definition) is 2. The van der Waals surface area contributed by atoms with Gasteiger partial charge in [-0.15, -0.1) is 0 Å². The van der Waals surface area contributed by atoms with Gasteiger partial charge in [0.1, 0.15) is 0 Å². The molecule has 1 N–H and O–H groups in total. The fourth-order valence-corrected chi connectivity index (χ4v) is 3.29. The standard InChI is InChI=1S/C18H24ClNO3/c1-4-11(2)12(3)17(21)20-9-15(16(10-20)18(22)23)13-5-7-14(19)8-6-13/h5-8,11-12,15-16H,4,9-10H2,1-3H3,(H,22,23)/t11?,12?,15-,16+/m0/s1. The van der Waals surface area contributed by atoms with Gasteiger partial charge in [-0.25, -0.2) is 0 Å². The largest absolute Gasteiger partial charge is 0.481 e. The molecule has 1 aliphatic rings. The van der Waals surface area contributed by atoms with Crippen LogP contribution in [-0.4, -0.2) is 35.0 Å². The molecule has 1 fully saturated rings. The van der Waals surface area contributed by atoms with E-state index in [4.69, 9.17) is 11.6 Å². The Hall–Kier alpha value is -1.55. The van der Waals surface area contributed by atoms with Crippen LogP contribution in [0.1, 0.15) is 38.7 Å². The molecule has 5 heteroatoms. The van der Waals surface area contributed by atoms with E-state index >= 15 is 0 Å². The second-order valence-corrected chi connectivity index (χ2v) is 6.96. The number of carbonyl (C=O) groups is 2. The van der Waals surface area contributed by atoms with E-state index in [2.05, 4.69) is 13.8 Å². The first kappa shape index (κ1) is 17.8. The normalized spacial score (nSPS) is 23.6. The molecule has 0 aromatic heterocycles. The van der Waals surface area contributed by atoms with Gasteiger partial charge < -0.3 is 10.0 Å². The molecular weight excluding hydrogens is 314 g/mol. The number of hydrogen-bond donors (Lipinski definition) is 1. The maximum atomic E-state index is 12.7. The summed E-state index contributed by atoms with van der Waals surface area (Å²) >= 11 is 5.91. The number of rotatable bonds is 5. The second kappa shape index (κ2) is 7.35. The van der Waals surface area contributed by atoms with Crippen LogP contribution in [0.25, 0.3) is 0 Å². The molecule has 0 saturated carbocycles. The van der Waals surface area contributed by atoms with Gasteiger partial charge in [0.25, 0.3) is 0 Å². The molecule has 1 saturated heterocycles.